The Balaban J connectivity index is 2.00. The van der Waals surface area contributed by atoms with E-state index in [0.29, 0.717) is 17.4 Å². The molecule has 1 aliphatic heterocycles. The maximum atomic E-state index is 11.7. The van der Waals surface area contributed by atoms with Crippen molar-refractivity contribution in [2.45, 2.75) is 32.3 Å². The maximum Gasteiger partial charge on any atom is 0.334 e. The van der Waals surface area contributed by atoms with Gasteiger partial charge >= 0.3 is 5.97 Å². The SMILES string of the molecule is C=C1CC[C@H]2C(=C)C(=O)O[C@@H]2C2C(C)=CCC12. The van der Waals surface area contributed by atoms with Gasteiger partial charge in [0.05, 0.1) is 0 Å². The van der Waals surface area contributed by atoms with Gasteiger partial charge in [0.25, 0.3) is 0 Å². The highest BCUT2D eigenvalue weighted by Gasteiger charge is 2.49. The van der Waals surface area contributed by atoms with Gasteiger partial charge in [0, 0.05) is 17.4 Å². The number of carbonyl (C=O) groups excluding carboxylic acids is 1. The number of carbonyl (C=O) groups is 1. The van der Waals surface area contributed by atoms with Gasteiger partial charge in [-0.05, 0) is 32.1 Å². The fourth-order valence-electron chi connectivity index (χ4n) is 3.64. The van der Waals surface area contributed by atoms with Crippen LogP contribution in [0.1, 0.15) is 26.2 Å². The smallest absolute Gasteiger partial charge is 0.334 e. The van der Waals surface area contributed by atoms with Crippen LogP contribution in [-0.2, 0) is 9.53 Å². The maximum absolute atomic E-state index is 11.7. The number of fused-ring (bicyclic) bond motifs is 3. The molecule has 0 aromatic rings. The van der Waals surface area contributed by atoms with Crippen molar-refractivity contribution in [3.05, 3.63) is 36.0 Å². The first-order valence-corrected chi connectivity index (χ1v) is 6.33. The van der Waals surface area contributed by atoms with Gasteiger partial charge in [-0.25, -0.2) is 4.79 Å². The molecular formula is C15H18O2. The van der Waals surface area contributed by atoms with Crippen LogP contribution in [0.15, 0.2) is 36.0 Å². The van der Waals surface area contributed by atoms with Crippen LogP contribution in [0.4, 0.5) is 0 Å². The van der Waals surface area contributed by atoms with Crippen molar-refractivity contribution in [2.75, 3.05) is 0 Å². The van der Waals surface area contributed by atoms with Crippen molar-refractivity contribution in [3.8, 4) is 0 Å². The zero-order chi connectivity index (χ0) is 12.2. The summed E-state index contributed by atoms with van der Waals surface area (Å²) in [4.78, 5) is 11.7. The second-order valence-corrected chi connectivity index (χ2v) is 5.51. The number of rotatable bonds is 0. The van der Waals surface area contributed by atoms with E-state index < -0.39 is 0 Å². The second-order valence-electron chi connectivity index (χ2n) is 5.51. The van der Waals surface area contributed by atoms with Gasteiger partial charge in [-0.2, -0.15) is 0 Å². The van der Waals surface area contributed by atoms with Crippen molar-refractivity contribution in [1.29, 1.82) is 0 Å². The Kier molecular flexibility index (Phi) is 2.29. The van der Waals surface area contributed by atoms with E-state index in [9.17, 15) is 4.79 Å². The number of allylic oxidation sites excluding steroid dienone is 2. The van der Waals surface area contributed by atoms with Crippen LogP contribution in [0.2, 0.25) is 0 Å². The van der Waals surface area contributed by atoms with Gasteiger partial charge in [0.2, 0.25) is 0 Å². The minimum absolute atomic E-state index is 0.0120. The summed E-state index contributed by atoms with van der Waals surface area (Å²) < 4.78 is 5.57. The molecule has 0 aromatic heterocycles. The van der Waals surface area contributed by atoms with Crippen LogP contribution < -0.4 is 0 Å². The molecule has 2 fully saturated rings. The third kappa shape index (κ3) is 1.43. The Hall–Kier alpha value is -1.31. The molecule has 0 N–H and O–H groups in total. The van der Waals surface area contributed by atoms with Crippen molar-refractivity contribution >= 4 is 5.97 Å². The lowest BCUT2D eigenvalue weighted by Crippen LogP contribution is -2.29. The molecule has 1 saturated carbocycles. The van der Waals surface area contributed by atoms with Crippen molar-refractivity contribution in [1.82, 2.24) is 0 Å². The zero-order valence-electron chi connectivity index (χ0n) is 10.2. The monoisotopic (exact) mass is 230 g/mol. The van der Waals surface area contributed by atoms with Gasteiger partial charge in [-0.1, -0.05) is 30.4 Å². The number of hydrogen-bond donors (Lipinski definition) is 0. The standard InChI is InChI=1S/C15H18O2/c1-8-4-7-12-10(3)15(16)17-14(12)13-9(2)5-6-11(8)13/h5,11-14H,1,3-4,6-7H2,2H3/t11?,12-,13?,14-/m0/s1. The molecule has 2 heteroatoms. The van der Waals surface area contributed by atoms with Crippen LogP contribution in [-0.4, -0.2) is 12.1 Å². The molecule has 0 radical (unpaired) electrons. The Morgan fingerprint density at radius 3 is 2.88 bits per heavy atom. The third-order valence-electron chi connectivity index (χ3n) is 4.66. The van der Waals surface area contributed by atoms with Gasteiger partial charge in [-0.3, -0.25) is 0 Å². The Morgan fingerprint density at radius 1 is 1.35 bits per heavy atom. The number of ether oxygens (including phenoxy) is 1. The summed E-state index contributed by atoms with van der Waals surface area (Å²) in [5.41, 5.74) is 3.35. The van der Waals surface area contributed by atoms with E-state index in [2.05, 4.69) is 26.2 Å². The summed E-state index contributed by atoms with van der Waals surface area (Å²) in [7, 11) is 0. The molecule has 17 heavy (non-hydrogen) atoms. The first-order valence-electron chi connectivity index (χ1n) is 6.33. The van der Waals surface area contributed by atoms with E-state index >= 15 is 0 Å². The van der Waals surface area contributed by atoms with Crippen LogP contribution >= 0.6 is 0 Å². The van der Waals surface area contributed by atoms with E-state index in [-0.39, 0.29) is 18.0 Å². The van der Waals surface area contributed by atoms with Gasteiger partial charge in [0.1, 0.15) is 6.10 Å². The molecule has 0 aromatic carbocycles. The molecule has 2 aliphatic carbocycles. The lowest BCUT2D eigenvalue weighted by atomic mass is 9.80. The highest BCUT2D eigenvalue weighted by molar-refractivity contribution is 5.91. The predicted molar refractivity (Wildman–Crippen MR) is 66.2 cm³/mol. The first kappa shape index (κ1) is 10.8. The largest absolute Gasteiger partial charge is 0.458 e. The summed E-state index contributed by atoms with van der Waals surface area (Å²) in [5.74, 6) is 0.837. The van der Waals surface area contributed by atoms with Gasteiger partial charge in [-0.15, -0.1) is 0 Å². The highest BCUT2D eigenvalue weighted by atomic mass is 16.6. The Bertz CT molecular complexity index is 444. The van der Waals surface area contributed by atoms with Crippen molar-refractivity contribution < 1.29 is 9.53 Å². The number of esters is 1. The van der Waals surface area contributed by atoms with Crippen LogP contribution in [0.3, 0.4) is 0 Å². The molecule has 0 spiro atoms. The second kappa shape index (κ2) is 3.59. The molecule has 3 rings (SSSR count). The number of hydrogen-bond acceptors (Lipinski definition) is 2. The minimum Gasteiger partial charge on any atom is -0.458 e. The van der Waals surface area contributed by atoms with Crippen molar-refractivity contribution in [2.24, 2.45) is 17.8 Å². The lowest BCUT2D eigenvalue weighted by molar-refractivity contribution is -0.141. The average Bonchev–Trinajstić information content (AvgIpc) is 2.75. The normalized spacial score (nSPS) is 40.5. The molecule has 3 aliphatic rings. The molecule has 0 amide bonds. The molecule has 2 nitrogen and oxygen atoms in total. The molecular weight excluding hydrogens is 212 g/mol. The third-order valence-corrected chi connectivity index (χ3v) is 4.66. The summed E-state index contributed by atoms with van der Waals surface area (Å²) in [6.07, 6.45) is 5.31. The molecule has 1 saturated heterocycles. The molecule has 90 valence electrons. The quantitative estimate of drug-likeness (QED) is 0.363. The summed E-state index contributed by atoms with van der Waals surface area (Å²) in [5, 5.41) is 0. The fourth-order valence-corrected chi connectivity index (χ4v) is 3.64. The fraction of sp³-hybridized carbons (Fsp3) is 0.533. The first-order chi connectivity index (χ1) is 8.09. The molecule has 1 heterocycles. The summed E-state index contributed by atoms with van der Waals surface area (Å²) in [6, 6.07) is 0. The Morgan fingerprint density at radius 2 is 2.12 bits per heavy atom. The average molecular weight is 230 g/mol. The summed E-state index contributed by atoms with van der Waals surface area (Å²) in [6.45, 7) is 10.3. The van der Waals surface area contributed by atoms with E-state index in [1.165, 1.54) is 11.1 Å². The predicted octanol–water partition coefficient (Wildman–Crippen LogP) is 3.02. The molecule has 2 unspecified atom stereocenters. The lowest BCUT2D eigenvalue weighted by Gasteiger charge is -2.27. The molecule has 4 atom stereocenters. The Labute approximate surface area is 102 Å². The molecule has 0 bridgehead atoms. The van der Waals surface area contributed by atoms with Crippen LogP contribution in [0, 0.1) is 17.8 Å². The minimum atomic E-state index is -0.189. The van der Waals surface area contributed by atoms with Gasteiger partial charge in [0.15, 0.2) is 0 Å². The topological polar surface area (TPSA) is 26.3 Å². The van der Waals surface area contributed by atoms with Crippen LogP contribution in [0.5, 0.6) is 0 Å². The van der Waals surface area contributed by atoms with E-state index in [4.69, 9.17) is 4.74 Å². The van der Waals surface area contributed by atoms with E-state index in [0.717, 1.165) is 19.3 Å². The van der Waals surface area contributed by atoms with E-state index in [1.54, 1.807) is 0 Å². The summed E-state index contributed by atoms with van der Waals surface area (Å²) >= 11 is 0. The van der Waals surface area contributed by atoms with Crippen molar-refractivity contribution in [3.63, 3.8) is 0 Å². The van der Waals surface area contributed by atoms with E-state index in [1.807, 2.05) is 0 Å². The highest BCUT2D eigenvalue weighted by Crippen LogP contribution is 2.49. The zero-order valence-corrected chi connectivity index (χ0v) is 10.2. The van der Waals surface area contributed by atoms with Gasteiger partial charge < -0.3 is 4.74 Å². The van der Waals surface area contributed by atoms with Crippen LogP contribution in [0.25, 0.3) is 0 Å².